The van der Waals surface area contributed by atoms with Crippen LogP contribution < -0.4 is 10.2 Å². The Hall–Kier alpha value is -4.17. The molecule has 2 saturated heterocycles. The number of amides is 3. The van der Waals surface area contributed by atoms with Gasteiger partial charge in [0.25, 0.3) is 5.91 Å². The molecule has 0 bridgehead atoms. The maximum Gasteiger partial charge on any atom is 0.256 e. The maximum absolute atomic E-state index is 13.8. The Balaban J connectivity index is 1.31. The molecular weight excluding hydrogens is 562 g/mol. The van der Waals surface area contributed by atoms with Gasteiger partial charge in [0.05, 0.1) is 17.2 Å². The number of carbonyl (C=O) groups excluding carboxylic acids is 3. The van der Waals surface area contributed by atoms with Gasteiger partial charge < -0.3 is 24.6 Å². The van der Waals surface area contributed by atoms with Crippen LogP contribution in [0, 0.1) is 18.3 Å². The first kappa shape index (κ1) is 26.4. The molecule has 0 spiro atoms. The van der Waals surface area contributed by atoms with E-state index < -0.39 is 0 Å². The highest BCUT2D eigenvalue weighted by atomic mass is 79.9. The van der Waals surface area contributed by atoms with Gasteiger partial charge in [0, 0.05) is 66.5 Å². The lowest BCUT2D eigenvalue weighted by Gasteiger charge is -2.38. The fourth-order valence-corrected chi connectivity index (χ4v) is 5.52. The van der Waals surface area contributed by atoms with E-state index in [1.165, 1.54) is 6.08 Å². The van der Waals surface area contributed by atoms with Crippen molar-refractivity contribution in [3.63, 3.8) is 0 Å². The Bertz CT molecular complexity index is 1490. The number of nitriles is 1. The van der Waals surface area contributed by atoms with Crippen molar-refractivity contribution in [2.24, 2.45) is 0 Å². The smallest absolute Gasteiger partial charge is 0.256 e. The molecule has 2 aromatic heterocycles. The molecule has 39 heavy (non-hydrogen) atoms. The molecule has 1 N–H and O–H groups in total. The zero-order chi connectivity index (χ0) is 27.7. The fraction of sp³-hybridized carbons (Fsp3) is 0.321. The number of hydrogen-bond donors (Lipinski definition) is 1. The van der Waals surface area contributed by atoms with Crippen LogP contribution >= 0.6 is 15.9 Å². The van der Waals surface area contributed by atoms with Gasteiger partial charge >= 0.3 is 0 Å². The predicted octanol–water partition coefficient (Wildman–Crippen LogP) is 2.45. The van der Waals surface area contributed by atoms with Crippen molar-refractivity contribution in [2.45, 2.75) is 19.5 Å². The van der Waals surface area contributed by atoms with Crippen molar-refractivity contribution >= 4 is 50.4 Å². The molecule has 2 aliphatic heterocycles. The van der Waals surface area contributed by atoms with Crippen LogP contribution in [0.1, 0.15) is 21.6 Å². The standard InChI is InChI=1S/C28H28BrN7O3/c1-3-26(38)35-15-21(16-35)32-25(37)17-36-18(2)27(22-12-20(29)5-6-23(22)36)28(39)34-10-8-33(9-11-34)24-7-4-19(13-30)14-31-24/h3-7,12,14,21H,1,8-11,15-17H2,2H3,(H,32,37). The van der Waals surface area contributed by atoms with Crippen molar-refractivity contribution in [3.05, 3.63) is 70.5 Å². The summed E-state index contributed by atoms with van der Waals surface area (Å²) in [5.74, 6) is 0.402. The van der Waals surface area contributed by atoms with Gasteiger partial charge in [-0.05, 0) is 43.3 Å². The van der Waals surface area contributed by atoms with E-state index in [-0.39, 0.29) is 30.3 Å². The van der Waals surface area contributed by atoms with Gasteiger partial charge in [0.2, 0.25) is 11.8 Å². The SMILES string of the molecule is C=CC(=O)N1CC(NC(=O)Cn2c(C)c(C(=O)N3CCN(c4ccc(C#N)cn4)CC3)c3cc(Br)ccc32)C1. The molecule has 2 aliphatic rings. The van der Waals surface area contributed by atoms with Crippen LogP contribution in [-0.4, -0.2) is 82.4 Å². The Labute approximate surface area is 234 Å². The largest absolute Gasteiger partial charge is 0.353 e. The number of likely N-dealkylation sites (tertiary alicyclic amines) is 1. The maximum atomic E-state index is 13.8. The number of fused-ring (bicyclic) bond motifs is 1. The van der Waals surface area contributed by atoms with Crippen LogP contribution in [0.15, 0.2) is 53.7 Å². The average Bonchev–Trinajstić information content (AvgIpc) is 3.19. The van der Waals surface area contributed by atoms with Crippen LogP contribution in [0.25, 0.3) is 10.9 Å². The van der Waals surface area contributed by atoms with Crippen molar-refractivity contribution in [1.29, 1.82) is 5.26 Å². The Morgan fingerprint density at radius 3 is 2.54 bits per heavy atom. The first-order valence-electron chi connectivity index (χ1n) is 12.7. The van der Waals surface area contributed by atoms with Gasteiger partial charge in [-0.2, -0.15) is 5.26 Å². The minimum Gasteiger partial charge on any atom is -0.353 e. The Morgan fingerprint density at radius 2 is 1.90 bits per heavy atom. The number of piperazine rings is 1. The molecule has 11 heteroatoms. The fourth-order valence-electron chi connectivity index (χ4n) is 5.16. The van der Waals surface area contributed by atoms with Crippen molar-refractivity contribution in [2.75, 3.05) is 44.2 Å². The molecule has 3 amide bonds. The van der Waals surface area contributed by atoms with E-state index in [0.717, 1.165) is 26.9 Å². The van der Waals surface area contributed by atoms with Gasteiger partial charge in [-0.3, -0.25) is 14.4 Å². The molecular formula is C28H28BrN7O3. The predicted molar refractivity (Wildman–Crippen MR) is 150 cm³/mol. The van der Waals surface area contributed by atoms with Gasteiger partial charge in [0.1, 0.15) is 18.4 Å². The quantitative estimate of drug-likeness (QED) is 0.442. The van der Waals surface area contributed by atoms with Gasteiger partial charge in [0.15, 0.2) is 0 Å². The summed E-state index contributed by atoms with van der Waals surface area (Å²) in [6.45, 7) is 8.67. The third-order valence-electron chi connectivity index (χ3n) is 7.30. The number of benzene rings is 1. The lowest BCUT2D eigenvalue weighted by Crippen LogP contribution is -2.61. The number of halogens is 1. The number of carbonyl (C=O) groups is 3. The molecule has 4 heterocycles. The number of rotatable bonds is 6. The molecule has 10 nitrogen and oxygen atoms in total. The molecule has 0 radical (unpaired) electrons. The molecule has 1 aromatic carbocycles. The molecule has 0 atom stereocenters. The number of nitrogens with zero attached hydrogens (tertiary/aromatic N) is 6. The Kier molecular flexibility index (Phi) is 7.39. The monoisotopic (exact) mass is 589 g/mol. The molecule has 0 unspecified atom stereocenters. The minimum atomic E-state index is -0.170. The summed E-state index contributed by atoms with van der Waals surface area (Å²) in [7, 11) is 0. The third kappa shape index (κ3) is 5.25. The number of pyridine rings is 1. The number of nitrogens with one attached hydrogen (secondary N) is 1. The summed E-state index contributed by atoms with van der Waals surface area (Å²) in [6, 6.07) is 11.3. The highest BCUT2D eigenvalue weighted by Gasteiger charge is 2.31. The second kappa shape index (κ2) is 10.9. The summed E-state index contributed by atoms with van der Waals surface area (Å²) in [6.07, 6.45) is 2.83. The van der Waals surface area contributed by atoms with Gasteiger partial charge in [-0.1, -0.05) is 22.5 Å². The van der Waals surface area contributed by atoms with Gasteiger partial charge in [-0.25, -0.2) is 4.98 Å². The van der Waals surface area contributed by atoms with Crippen LogP contribution in [0.4, 0.5) is 5.82 Å². The van der Waals surface area contributed by atoms with E-state index in [4.69, 9.17) is 5.26 Å². The van der Waals surface area contributed by atoms with Crippen LogP contribution in [0.5, 0.6) is 0 Å². The third-order valence-corrected chi connectivity index (χ3v) is 7.80. The highest BCUT2D eigenvalue weighted by molar-refractivity contribution is 9.10. The van der Waals surface area contributed by atoms with E-state index in [9.17, 15) is 14.4 Å². The summed E-state index contributed by atoms with van der Waals surface area (Å²) in [4.78, 5) is 48.4. The highest BCUT2D eigenvalue weighted by Crippen LogP contribution is 2.30. The normalized spacial score (nSPS) is 15.6. The molecule has 0 aliphatic carbocycles. The molecule has 200 valence electrons. The topological polar surface area (TPSA) is 115 Å². The van der Waals surface area contributed by atoms with Crippen molar-refractivity contribution in [3.8, 4) is 6.07 Å². The van der Waals surface area contributed by atoms with E-state index >= 15 is 0 Å². The summed E-state index contributed by atoms with van der Waals surface area (Å²) < 4.78 is 2.73. The Morgan fingerprint density at radius 1 is 1.15 bits per heavy atom. The average molecular weight is 590 g/mol. The summed E-state index contributed by atoms with van der Waals surface area (Å²) >= 11 is 3.53. The number of hydrogen-bond acceptors (Lipinski definition) is 6. The molecule has 5 rings (SSSR count). The van der Waals surface area contributed by atoms with E-state index in [1.54, 1.807) is 17.2 Å². The first-order chi connectivity index (χ1) is 18.8. The minimum absolute atomic E-state index is 0.0697. The molecule has 0 saturated carbocycles. The lowest BCUT2D eigenvalue weighted by molar-refractivity contribution is -0.133. The molecule has 3 aromatic rings. The first-order valence-corrected chi connectivity index (χ1v) is 13.5. The van der Waals surface area contributed by atoms with Crippen LogP contribution in [0.3, 0.4) is 0 Å². The second-order valence-corrected chi connectivity index (χ2v) is 10.6. The lowest BCUT2D eigenvalue weighted by atomic mass is 10.1. The van der Waals surface area contributed by atoms with E-state index in [0.29, 0.717) is 50.4 Å². The summed E-state index contributed by atoms with van der Waals surface area (Å²) in [5, 5.41) is 12.8. The zero-order valence-electron chi connectivity index (χ0n) is 21.6. The van der Waals surface area contributed by atoms with Crippen molar-refractivity contribution < 1.29 is 14.4 Å². The number of anilines is 1. The second-order valence-electron chi connectivity index (χ2n) is 9.72. The number of aromatic nitrogens is 2. The van der Waals surface area contributed by atoms with Crippen molar-refractivity contribution in [1.82, 2.24) is 24.7 Å². The van der Waals surface area contributed by atoms with E-state index in [2.05, 4.69) is 43.8 Å². The zero-order valence-corrected chi connectivity index (χ0v) is 23.1. The van der Waals surface area contributed by atoms with E-state index in [1.807, 2.05) is 40.7 Å². The summed E-state index contributed by atoms with van der Waals surface area (Å²) in [5.41, 5.74) is 2.65. The van der Waals surface area contributed by atoms with Crippen LogP contribution in [0.2, 0.25) is 0 Å². The molecule has 2 fully saturated rings. The van der Waals surface area contributed by atoms with Crippen LogP contribution in [-0.2, 0) is 16.1 Å². The van der Waals surface area contributed by atoms with Gasteiger partial charge in [-0.15, -0.1) is 0 Å².